The molecule has 0 aliphatic heterocycles. The average molecular weight is 275 g/mol. The van der Waals surface area contributed by atoms with Crippen LogP contribution < -0.4 is 5.73 Å². The Morgan fingerprint density at radius 1 is 1.26 bits per heavy atom. The summed E-state index contributed by atoms with van der Waals surface area (Å²) in [4.78, 5) is 19.3. The predicted octanol–water partition coefficient (Wildman–Crippen LogP) is 2.53. The quantitative estimate of drug-likeness (QED) is 0.894. The Labute approximate surface area is 114 Å². The molecule has 5 nitrogen and oxygen atoms in total. The third-order valence-electron chi connectivity index (χ3n) is 2.38. The van der Waals surface area contributed by atoms with Crippen LogP contribution in [-0.2, 0) is 0 Å². The maximum Gasteiger partial charge on any atom is 0.354 e. The van der Waals surface area contributed by atoms with Gasteiger partial charge in [0, 0.05) is 5.69 Å². The number of nitrogens with zero attached hydrogens (tertiary/aromatic N) is 2. The van der Waals surface area contributed by atoms with Gasteiger partial charge in [-0.15, -0.1) is 0 Å². The van der Waals surface area contributed by atoms with Gasteiger partial charge in [-0.25, -0.2) is 14.8 Å². The van der Waals surface area contributed by atoms with Crippen molar-refractivity contribution in [3.05, 3.63) is 41.2 Å². The van der Waals surface area contributed by atoms with Crippen LogP contribution in [0.15, 0.2) is 34.3 Å². The van der Waals surface area contributed by atoms with Crippen LogP contribution in [0, 0.1) is 13.8 Å². The highest BCUT2D eigenvalue weighted by Crippen LogP contribution is 2.29. The molecule has 0 amide bonds. The lowest BCUT2D eigenvalue weighted by Crippen LogP contribution is -2.03. The molecule has 2 heterocycles. The summed E-state index contributed by atoms with van der Waals surface area (Å²) in [6.07, 6.45) is 0. The van der Waals surface area contributed by atoms with Gasteiger partial charge in [0.05, 0.1) is 5.69 Å². The number of carboxylic acid groups (broad SMARTS) is 1. The normalized spacial score (nSPS) is 10.4. The Hall–Kier alpha value is -2.08. The maximum absolute atomic E-state index is 10.9. The lowest BCUT2D eigenvalue weighted by molar-refractivity contribution is 0.0690. The second-order valence-corrected chi connectivity index (χ2v) is 5.13. The van der Waals surface area contributed by atoms with Gasteiger partial charge in [0.25, 0.3) is 0 Å². The van der Waals surface area contributed by atoms with Crippen molar-refractivity contribution in [1.29, 1.82) is 0 Å². The molecule has 3 N–H and O–H groups in total. The zero-order valence-corrected chi connectivity index (χ0v) is 11.4. The fourth-order valence-corrected chi connectivity index (χ4v) is 2.57. The minimum Gasteiger partial charge on any atom is -0.477 e. The molecule has 0 saturated carbocycles. The number of rotatable bonds is 3. The van der Waals surface area contributed by atoms with Gasteiger partial charge in [0.15, 0.2) is 0 Å². The lowest BCUT2D eigenvalue weighted by atomic mass is 10.3. The number of hydrogen-bond acceptors (Lipinski definition) is 5. The summed E-state index contributed by atoms with van der Waals surface area (Å²) in [5.74, 6) is -1.07. The maximum atomic E-state index is 10.9. The van der Waals surface area contributed by atoms with Crippen LogP contribution in [0.1, 0.15) is 21.7 Å². The number of carboxylic acids is 1. The Morgan fingerprint density at radius 2 is 2.00 bits per heavy atom. The largest absolute Gasteiger partial charge is 0.477 e. The Kier molecular flexibility index (Phi) is 3.71. The SMILES string of the molecule is Cc1cc(C)nc(Sc2nc(C(=O)O)ccc2N)c1. The number of carbonyl (C=O) groups is 1. The van der Waals surface area contributed by atoms with Gasteiger partial charge >= 0.3 is 5.97 Å². The third kappa shape index (κ3) is 3.23. The van der Waals surface area contributed by atoms with Crippen molar-refractivity contribution in [1.82, 2.24) is 9.97 Å². The Morgan fingerprint density at radius 3 is 2.63 bits per heavy atom. The number of aromatic nitrogens is 2. The molecule has 2 aromatic rings. The highest BCUT2D eigenvalue weighted by Gasteiger charge is 2.11. The van der Waals surface area contributed by atoms with E-state index >= 15 is 0 Å². The monoisotopic (exact) mass is 275 g/mol. The summed E-state index contributed by atoms with van der Waals surface area (Å²) >= 11 is 1.26. The van der Waals surface area contributed by atoms with E-state index in [1.807, 2.05) is 26.0 Å². The van der Waals surface area contributed by atoms with Gasteiger partial charge in [-0.05, 0) is 55.4 Å². The zero-order valence-electron chi connectivity index (χ0n) is 10.5. The number of aryl methyl sites for hydroxylation is 2. The van der Waals surface area contributed by atoms with E-state index in [1.54, 1.807) is 6.07 Å². The van der Waals surface area contributed by atoms with E-state index in [-0.39, 0.29) is 5.69 Å². The molecule has 2 aromatic heterocycles. The van der Waals surface area contributed by atoms with Gasteiger partial charge in [0.2, 0.25) is 0 Å². The fourth-order valence-electron chi connectivity index (χ4n) is 1.61. The van der Waals surface area contributed by atoms with Crippen molar-refractivity contribution in [2.75, 3.05) is 5.73 Å². The van der Waals surface area contributed by atoms with Crippen LogP contribution in [0.4, 0.5) is 5.69 Å². The molecule has 0 atom stereocenters. The molecule has 6 heteroatoms. The summed E-state index contributed by atoms with van der Waals surface area (Å²) in [5, 5.41) is 10.1. The van der Waals surface area contributed by atoms with Crippen LogP contribution in [0.2, 0.25) is 0 Å². The topological polar surface area (TPSA) is 89.1 Å². The third-order valence-corrected chi connectivity index (χ3v) is 3.32. The van der Waals surface area contributed by atoms with Gasteiger partial charge in [0.1, 0.15) is 15.7 Å². The molecule has 0 radical (unpaired) electrons. The van der Waals surface area contributed by atoms with Crippen LogP contribution in [0.25, 0.3) is 0 Å². The summed E-state index contributed by atoms with van der Waals surface area (Å²) in [5.41, 5.74) is 8.21. The minimum atomic E-state index is -1.07. The molecule has 0 bridgehead atoms. The number of anilines is 1. The van der Waals surface area contributed by atoms with Crippen molar-refractivity contribution in [2.45, 2.75) is 23.9 Å². The molecular formula is C13H13N3O2S. The van der Waals surface area contributed by atoms with E-state index in [0.717, 1.165) is 16.3 Å². The highest BCUT2D eigenvalue weighted by molar-refractivity contribution is 7.99. The Balaban J connectivity index is 2.37. The van der Waals surface area contributed by atoms with Crippen LogP contribution in [0.3, 0.4) is 0 Å². The summed E-state index contributed by atoms with van der Waals surface area (Å²) < 4.78 is 0. The number of aromatic carboxylic acids is 1. The van der Waals surface area contributed by atoms with Crippen molar-refractivity contribution in [3.63, 3.8) is 0 Å². The van der Waals surface area contributed by atoms with E-state index in [9.17, 15) is 4.79 Å². The molecule has 0 unspecified atom stereocenters. The minimum absolute atomic E-state index is 0.0268. The summed E-state index contributed by atoms with van der Waals surface area (Å²) in [6, 6.07) is 6.80. The average Bonchev–Trinajstić information content (AvgIpc) is 2.30. The smallest absolute Gasteiger partial charge is 0.354 e. The first-order valence-corrected chi connectivity index (χ1v) is 6.40. The van der Waals surface area contributed by atoms with Gasteiger partial charge < -0.3 is 10.8 Å². The first kappa shape index (κ1) is 13.4. The van der Waals surface area contributed by atoms with Crippen molar-refractivity contribution < 1.29 is 9.90 Å². The second-order valence-electron chi connectivity index (χ2n) is 4.12. The number of hydrogen-bond donors (Lipinski definition) is 2. The first-order valence-electron chi connectivity index (χ1n) is 5.58. The van der Waals surface area contributed by atoms with Gasteiger partial charge in [-0.3, -0.25) is 0 Å². The van der Waals surface area contributed by atoms with Crippen LogP contribution in [-0.4, -0.2) is 21.0 Å². The van der Waals surface area contributed by atoms with Gasteiger partial charge in [-0.2, -0.15) is 0 Å². The lowest BCUT2D eigenvalue weighted by Gasteiger charge is -2.06. The summed E-state index contributed by atoms with van der Waals surface area (Å²) in [6.45, 7) is 3.88. The number of nitrogen functional groups attached to an aromatic ring is 1. The zero-order chi connectivity index (χ0) is 14.0. The fraction of sp³-hybridized carbons (Fsp3) is 0.154. The highest BCUT2D eigenvalue weighted by atomic mass is 32.2. The molecule has 0 aliphatic carbocycles. The summed E-state index contributed by atoms with van der Waals surface area (Å²) in [7, 11) is 0. The van der Waals surface area contributed by atoms with Crippen molar-refractivity contribution in [2.24, 2.45) is 0 Å². The van der Waals surface area contributed by atoms with E-state index in [2.05, 4.69) is 9.97 Å². The molecule has 0 spiro atoms. The standard InChI is InChI=1S/C13H13N3O2S/c1-7-5-8(2)15-11(6-7)19-12-9(14)3-4-10(16-12)13(17)18/h3-6H,14H2,1-2H3,(H,17,18). The Bertz CT molecular complexity index is 624. The molecular weight excluding hydrogens is 262 g/mol. The molecule has 0 saturated heterocycles. The van der Waals surface area contributed by atoms with Crippen molar-refractivity contribution >= 4 is 23.4 Å². The second kappa shape index (κ2) is 5.27. The molecule has 0 fully saturated rings. The van der Waals surface area contributed by atoms with Gasteiger partial charge in [-0.1, -0.05) is 0 Å². The van der Waals surface area contributed by atoms with E-state index in [0.29, 0.717) is 10.7 Å². The molecule has 19 heavy (non-hydrogen) atoms. The van der Waals surface area contributed by atoms with E-state index in [1.165, 1.54) is 17.8 Å². The predicted molar refractivity (Wildman–Crippen MR) is 73.4 cm³/mol. The van der Waals surface area contributed by atoms with Crippen molar-refractivity contribution in [3.8, 4) is 0 Å². The molecule has 0 aliphatic rings. The molecule has 98 valence electrons. The molecule has 2 rings (SSSR count). The van der Waals surface area contributed by atoms with E-state index in [4.69, 9.17) is 10.8 Å². The van der Waals surface area contributed by atoms with E-state index < -0.39 is 5.97 Å². The number of nitrogens with two attached hydrogens (primary N) is 1. The molecule has 0 aromatic carbocycles. The van der Waals surface area contributed by atoms with Crippen LogP contribution >= 0.6 is 11.8 Å². The number of pyridine rings is 2. The van der Waals surface area contributed by atoms with Crippen LogP contribution in [0.5, 0.6) is 0 Å². The first-order chi connectivity index (χ1) is 8.95.